The summed E-state index contributed by atoms with van der Waals surface area (Å²) in [6, 6.07) is 0. The number of aliphatic carboxylic acids is 1. The highest BCUT2D eigenvalue weighted by atomic mass is 19.1. The van der Waals surface area contributed by atoms with E-state index in [4.69, 9.17) is 5.11 Å². The van der Waals surface area contributed by atoms with Crippen LogP contribution in [0.4, 0.5) is 10.2 Å². The third kappa shape index (κ3) is 3.37. The van der Waals surface area contributed by atoms with Crippen molar-refractivity contribution in [2.45, 2.75) is 13.3 Å². The molecule has 1 aromatic rings. The standard InChI is InChI=1S/C12H17FN4O2/c1-9-11(13)12(15-8-14-9)17-4-2-3-16(5-6-17)7-10(18)19/h8H,2-7H2,1H3,(H,18,19). The molecule has 0 bridgehead atoms. The van der Waals surface area contributed by atoms with E-state index in [1.165, 1.54) is 6.33 Å². The van der Waals surface area contributed by atoms with Gasteiger partial charge in [0.2, 0.25) is 0 Å². The highest BCUT2D eigenvalue weighted by Gasteiger charge is 2.20. The number of hydrogen-bond donors (Lipinski definition) is 1. The van der Waals surface area contributed by atoms with Crippen LogP contribution in [0.1, 0.15) is 12.1 Å². The first-order chi connectivity index (χ1) is 9.08. The Morgan fingerprint density at radius 3 is 2.89 bits per heavy atom. The van der Waals surface area contributed by atoms with Gasteiger partial charge >= 0.3 is 5.97 Å². The maximum atomic E-state index is 14.0. The van der Waals surface area contributed by atoms with Crippen molar-refractivity contribution in [1.82, 2.24) is 14.9 Å². The molecular weight excluding hydrogens is 251 g/mol. The number of aryl methyl sites for hydroxylation is 1. The van der Waals surface area contributed by atoms with Crippen molar-refractivity contribution < 1.29 is 14.3 Å². The number of carboxylic acid groups (broad SMARTS) is 1. The van der Waals surface area contributed by atoms with Gasteiger partial charge in [0.1, 0.15) is 6.33 Å². The van der Waals surface area contributed by atoms with Gasteiger partial charge in [-0.15, -0.1) is 0 Å². The highest BCUT2D eigenvalue weighted by Crippen LogP contribution is 2.18. The summed E-state index contributed by atoms with van der Waals surface area (Å²) in [6.45, 7) is 4.17. The van der Waals surface area contributed by atoms with Gasteiger partial charge in [0.25, 0.3) is 0 Å². The predicted octanol–water partition coefficient (Wildman–Crippen LogP) is 0.521. The highest BCUT2D eigenvalue weighted by molar-refractivity contribution is 5.69. The summed E-state index contributed by atoms with van der Waals surface area (Å²) >= 11 is 0. The van der Waals surface area contributed by atoms with E-state index in [1.807, 2.05) is 9.80 Å². The average Bonchev–Trinajstić information content (AvgIpc) is 2.58. The van der Waals surface area contributed by atoms with Gasteiger partial charge in [-0.05, 0) is 13.3 Å². The number of halogens is 1. The Labute approximate surface area is 110 Å². The van der Waals surface area contributed by atoms with Crippen molar-refractivity contribution in [3.63, 3.8) is 0 Å². The largest absolute Gasteiger partial charge is 0.480 e. The van der Waals surface area contributed by atoms with Crippen LogP contribution in [-0.2, 0) is 4.79 Å². The zero-order chi connectivity index (χ0) is 13.8. The van der Waals surface area contributed by atoms with Gasteiger partial charge in [0.15, 0.2) is 11.6 Å². The lowest BCUT2D eigenvalue weighted by Crippen LogP contribution is -2.34. The molecule has 0 radical (unpaired) electrons. The smallest absolute Gasteiger partial charge is 0.317 e. The van der Waals surface area contributed by atoms with Crippen molar-refractivity contribution in [3.05, 3.63) is 17.8 Å². The molecule has 1 aliphatic heterocycles. The molecule has 0 atom stereocenters. The molecule has 0 amide bonds. The normalized spacial score (nSPS) is 17.3. The summed E-state index contributed by atoms with van der Waals surface area (Å²) in [6.07, 6.45) is 2.14. The molecule has 1 aromatic heterocycles. The van der Waals surface area contributed by atoms with Crippen LogP contribution in [-0.4, -0.2) is 58.7 Å². The van der Waals surface area contributed by atoms with E-state index < -0.39 is 11.8 Å². The van der Waals surface area contributed by atoms with Crippen LogP contribution in [0.5, 0.6) is 0 Å². The quantitative estimate of drug-likeness (QED) is 0.862. The Morgan fingerprint density at radius 2 is 2.16 bits per heavy atom. The van der Waals surface area contributed by atoms with E-state index in [2.05, 4.69) is 9.97 Å². The number of carbonyl (C=O) groups is 1. The summed E-state index contributed by atoms with van der Waals surface area (Å²) in [5.74, 6) is -0.920. The van der Waals surface area contributed by atoms with Crippen molar-refractivity contribution in [2.75, 3.05) is 37.6 Å². The number of hydrogen-bond acceptors (Lipinski definition) is 5. The fourth-order valence-corrected chi connectivity index (χ4v) is 2.20. The van der Waals surface area contributed by atoms with Gasteiger partial charge in [0.05, 0.1) is 12.2 Å². The van der Waals surface area contributed by atoms with E-state index in [0.717, 1.165) is 6.42 Å². The van der Waals surface area contributed by atoms with E-state index >= 15 is 0 Å². The summed E-state index contributed by atoms with van der Waals surface area (Å²) < 4.78 is 14.0. The molecule has 7 heteroatoms. The molecule has 0 aliphatic carbocycles. The molecule has 6 nitrogen and oxygen atoms in total. The van der Waals surface area contributed by atoms with Crippen molar-refractivity contribution in [3.8, 4) is 0 Å². The summed E-state index contributed by atoms with van der Waals surface area (Å²) in [4.78, 5) is 22.2. The summed E-state index contributed by atoms with van der Waals surface area (Å²) in [5.41, 5.74) is 0.330. The van der Waals surface area contributed by atoms with Gasteiger partial charge < -0.3 is 10.0 Å². The number of aromatic nitrogens is 2. The van der Waals surface area contributed by atoms with Gasteiger partial charge in [-0.2, -0.15) is 0 Å². The van der Waals surface area contributed by atoms with Crippen molar-refractivity contribution >= 4 is 11.8 Å². The minimum atomic E-state index is -0.836. The van der Waals surface area contributed by atoms with Gasteiger partial charge in [-0.25, -0.2) is 14.4 Å². The molecule has 2 rings (SSSR count). The van der Waals surface area contributed by atoms with Crippen LogP contribution in [0, 0.1) is 12.7 Å². The summed E-state index contributed by atoms with van der Waals surface area (Å²) in [7, 11) is 0. The molecule has 0 aromatic carbocycles. The second-order valence-electron chi connectivity index (χ2n) is 4.61. The second kappa shape index (κ2) is 5.92. The first kappa shape index (κ1) is 13.7. The van der Waals surface area contributed by atoms with Crippen LogP contribution < -0.4 is 4.90 Å². The molecule has 19 heavy (non-hydrogen) atoms. The Hall–Kier alpha value is -1.76. The predicted molar refractivity (Wildman–Crippen MR) is 67.6 cm³/mol. The monoisotopic (exact) mass is 268 g/mol. The zero-order valence-electron chi connectivity index (χ0n) is 10.8. The molecule has 1 fully saturated rings. The van der Waals surface area contributed by atoms with Crippen LogP contribution in [0.2, 0.25) is 0 Å². The van der Waals surface area contributed by atoms with Gasteiger partial charge in [-0.3, -0.25) is 9.69 Å². The van der Waals surface area contributed by atoms with Gasteiger partial charge in [-0.1, -0.05) is 0 Å². The van der Waals surface area contributed by atoms with Crippen LogP contribution in [0.3, 0.4) is 0 Å². The fraction of sp³-hybridized carbons (Fsp3) is 0.583. The van der Waals surface area contributed by atoms with Crippen LogP contribution in [0.15, 0.2) is 6.33 Å². The molecule has 1 saturated heterocycles. The topological polar surface area (TPSA) is 69.6 Å². The van der Waals surface area contributed by atoms with Crippen LogP contribution >= 0.6 is 0 Å². The maximum Gasteiger partial charge on any atom is 0.317 e. The molecule has 104 valence electrons. The molecule has 1 N–H and O–H groups in total. The molecular formula is C12H17FN4O2. The third-order valence-corrected chi connectivity index (χ3v) is 3.19. The lowest BCUT2D eigenvalue weighted by Gasteiger charge is -2.22. The van der Waals surface area contributed by atoms with Crippen molar-refractivity contribution in [1.29, 1.82) is 0 Å². The van der Waals surface area contributed by atoms with Crippen molar-refractivity contribution in [2.24, 2.45) is 0 Å². The second-order valence-corrected chi connectivity index (χ2v) is 4.61. The molecule has 1 aliphatic rings. The number of anilines is 1. The number of nitrogens with zero attached hydrogens (tertiary/aromatic N) is 4. The number of carboxylic acids is 1. The maximum absolute atomic E-state index is 14.0. The number of rotatable bonds is 3. The Kier molecular flexibility index (Phi) is 4.26. The van der Waals surface area contributed by atoms with Gasteiger partial charge in [0, 0.05) is 26.2 Å². The minimum Gasteiger partial charge on any atom is -0.480 e. The molecule has 2 heterocycles. The van der Waals surface area contributed by atoms with E-state index in [0.29, 0.717) is 37.7 Å². The fourth-order valence-electron chi connectivity index (χ4n) is 2.20. The lowest BCUT2D eigenvalue weighted by molar-refractivity contribution is -0.138. The van der Waals surface area contributed by atoms with E-state index in [-0.39, 0.29) is 6.54 Å². The molecule has 0 spiro atoms. The Balaban J connectivity index is 2.06. The zero-order valence-corrected chi connectivity index (χ0v) is 10.8. The average molecular weight is 268 g/mol. The molecule has 0 saturated carbocycles. The van der Waals surface area contributed by atoms with E-state index in [9.17, 15) is 9.18 Å². The third-order valence-electron chi connectivity index (χ3n) is 3.19. The Morgan fingerprint density at radius 1 is 1.37 bits per heavy atom. The minimum absolute atomic E-state index is 0.0269. The molecule has 0 unspecified atom stereocenters. The van der Waals surface area contributed by atoms with E-state index in [1.54, 1.807) is 6.92 Å². The van der Waals surface area contributed by atoms with Crippen LogP contribution in [0.25, 0.3) is 0 Å². The lowest BCUT2D eigenvalue weighted by atomic mass is 10.3. The SMILES string of the molecule is Cc1ncnc(N2CCCN(CC(=O)O)CC2)c1F. The summed E-state index contributed by atoms with van der Waals surface area (Å²) in [5, 5.41) is 8.79. The first-order valence-corrected chi connectivity index (χ1v) is 6.24. The Bertz CT molecular complexity index is 469. The first-order valence-electron chi connectivity index (χ1n) is 6.24.